The number of carbonyl (C=O) groups excluding carboxylic acids is 1. The van der Waals surface area contributed by atoms with Crippen LogP contribution < -0.4 is 10.1 Å². The number of fused-ring (bicyclic) bond motifs is 1. The van der Waals surface area contributed by atoms with Crippen molar-refractivity contribution < 1.29 is 27.6 Å². The Morgan fingerprint density at radius 1 is 1.00 bits per heavy atom. The fourth-order valence-corrected chi connectivity index (χ4v) is 4.85. The van der Waals surface area contributed by atoms with Gasteiger partial charge in [0.15, 0.2) is 5.75 Å². The van der Waals surface area contributed by atoms with Crippen LogP contribution in [0.25, 0.3) is 10.8 Å². The maximum atomic E-state index is 13.1. The molecule has 190 valence electrons. The van der Waals surface area contributed by atoms with Crippen LogP contribution in [0.2, 0.25) is 10.0 Å². The summed E-state index contributed by atoms with van der Waals surface area (Å²) in [5, 5.41) is 23.1. The Morgan fingerprint density at radius 2 is 1.73 bits per heavy atom. The maximum Gasteiger partial charge on any atom is 0.296 e. The van der Waals surface area contributed by atoms with E-state index in [9.17, 15) is 22.9 Å². The standard InChI is InChI=1S/C25H19Cl2N3O6S/c1-13-9-19(27)22(37(33,34)35)12-21(13)29-30-23-16-6-4-3-5-14(16)10-17(24(23)31)25(32)28-20-8-7-15(36-2)11-18(20)26/h3-12,31H,1-2H3,(H,28,32)(H,33,34,35). The fraction of sp³-hybridized carbons (Fsp3) is 0.0800. The highest BCUT2D eigenvalue weighted by molar-refractivity contribution is 7.86. The number of nitrogens with one attached hydrogen (secondary N) is 1. The summed E-state index contributed by atoms with van der Waals surface area (Å²) in [4.78, 5) is 12.6. The van der Waals surface area contributed by atoms with Crippen LogP contribution in [-0.4, -0.2) is 31.1 Å². The second-order valence-corrected chi connectivity index (χ2v) is 10.1. The fourth-order valence-electron chi connectivity index (χ4n) is 3.56. The number of aryl methyl sites for hydroxylation is 1. The molecule has 4 rings (SSSR count). The van der Waals surface area contributed by atoms with Crippen LogP contribution in [0.5, 0.6) is 11.5 Å². The van der Waals surface area contributed by atoms with Gasteiger partial charge in [0.2, 0.25) is 0 Å². The monoisotopic (exact) mass is 559 g/mol. The number of benzene rings is 4. The number of hydrogen-bond acceptors (Lipinski definition) is 7. The van der Waals surface area contributed by atoms with Crippen LogP contribution in [0.1, 0.15) is 15.9 Å². The van der Waals surface area contributed by atoms with E-state index < -0.39 is 26.7 Å². The molecule has 4 aromatic rings. The van der Waals surface area contributed by atoms with E-state index in [1.807, 2.05) is 0 Å². The van der Waals surface area contributed by atoms with Gasteiger partial charge < -0.3 is 15.2 Å². The molecule has 0 atom stereocenters. The van der Waals surface area contributed by atoms with Crippen molar-refractivity contribution in [1.29, 1.82) is 0 Å². The van der Waals surface area contributed by atoms with Gasteiger partial charge in [-0.25, -0.2) is 0 Å². The van der Waals surface area contributed by atoms with Crippen molar-refractivity contribution in [3.63, 3.8) is 0 Å². The Labute approximate surface area is 222 Å². The van der Waals surface area contributed by atoms with E-state index in [0.29, 0.717) is 27.8 Å². The highest BCUT2D eigenvalue weighted by atomic mass is 35.5. The number of halogens is 2. The highest BCUT2D eigenvalue weighted by Gasteiger charge is 2.20. The molecule has 0 unspecified atom stereocenters. The van der Waals surface area contributed by atoms with Gasteiger partial charge >= 0.3 is 0 Å². The molecule has 0 heterocycles. The summed E-state index contributed by atoms with van der Waals surface area (Å²) in [5.74, 6) is -0.594. The third-order valence-corrected chi connectivity index (χ3v) is 7.08. The molecule has 0 aliphatic carbocycles. The van der Waals surface area contributed by atoms with Crippen molar-refractivity contribution in [2.75, 3.05) is 12.4 Å². The van der Waals surface area contributed by atoms with Crippen LogP contribution in [0.4, 0.5) is 17.1 Å². The van der Waals surface area contributed by atoms with Crippen LogP contribution in [0, 0.1) is 6.92 Å². The number of amides is 1. The summed E-state index contributed by atoms with van der Waals surface area (Å²) in [5.41, 5.74) is 0.740. The van der Waals surface area contributed by atoms with Crippen molar-refractivity contribution in [3.8, 4) is 11.5 Å². The molecular weight excluding hydrogens is 541 g/mol. The van der Waals surface area contributed by atoms with E-state index in [4.69, 9.17) is 27.9 Å². The first kappa shape index (κ1) is 26.4. The Bertz CT molecular complexity index is 1690. The second-order valence-electron chi connectivity index (χ2n) is 7.89. The number of aromatic hydroxyl groups is 1. The lowest BCUT2D eigenvalue weighted by Gasteiger charge is -2.12. The minimum absolute atomic E-state index is 0.0215. The minimum Gasteiger partial charge on any atom is -0.505 e. The first-order valence-electron chi connectivity index (χ1n) is 10.6. The third kappa shape index (κ3) is 5.52. The molecule has 3 N–H and O–H groups in total. The number of phenolic OH excluding ortho intramolecular Hbond substituents is 1. The molecule has 0 fully saturated rings. The Kier molecular flexibility index (Phi) is 7.37. The lowest BCUT2D eigenvalue weighted by Crippen LogP contribution is -2.12. The quantitative estimate of drug-likeness (QED) is 0.170. The molecule has 0 radical (unpaired) electrons. The first-order chi connectivity index (χ1) is 17.5. The van der Waals surface area contributed by atoms with Gasteiger partial charge in [0.05, 0.1) is 34.1 Å². The van der Waals surface area contributed by atoms with Gasteiger partial charge in [-0.15, -0.1) is 5.11 Å². The molecule has 0 bridgehead atoms. The van der Waals surface area contributed by atoms with E-state index in [-0.39, 0.29) is 27.0 Å². The lowest BCUT2D eigenvalue weighted by molar-refractivity contribution is 0.102. The molecule has 37 heavy (non-hydrogen) atoms. The predicted molar refractivity (Wildman–Crippen MR) is 142 cm³/mol. The summed E-state index contributed by atoms with van der Waals surface area (Å²) in [6.07, 6.45) is 0. The van der Waals surface area contributed by atoms with Crippen molar-refractivity contribution in [2.24, 2.45) is 10.2 Å². The van der Waals surface area contributed by atoms with Crippen molar-refractivity contribution in [1.82, 2.24) is 0 Å². The van der Waals surface area contributed by atoms with Crippen molar-refractivity contribution in [3.05, 3.63) is 81.8 Å². The predicted octanol–water partition coefficient (Wildman–Crippen LogP) is 7.08. The summed E-state index contributed by atoms with van der Waals surface area (Å²) in [7, 11) is -3.12. The van der Waals surface area contributed by atoms with Crippen LogP contribution in [0.3, 0.4) is 0 Å². The van der Waals surface area contributed by atoms with E-state index in [1.54, 1.807) is 43.3 Å². The second kappa shape index (κ2) is 10.3. The van der Waals surface area contributed by atoms with Gasteiger partial charge in [0, 0.05) is 11.5 Å². The average molecular weight is 560 g/mol. The third-order valence-electron chi connectivity index (χ3n) is 5.45. The van der Waals surface area contributed by atoms with E-state index >= 15 is 0 Å². The van der Waals surface area contributed by atoms with Gasteiger partial charge in [0.1, 0.15) is 16.3 Å². The molecule has 0 aromatic heterocycles. The topological polar surface area (TPSA) is 138 Å². The zero-order valence-electron chi connectivity index (χ0n) is 19.4. The maximum absolute atomic E-state index is 13.1. The van der Waals surface area contributed by atoms with Crippen molar-refractivity contribution in [2.45, 2.75) is 11.8 Å². The molecule has 12 heteroatoms. The number of nitrogens with zero attached hydrogens (tertiary/aromatic N) is 2. The van der Waals surface area contributed by atoms with Gasteiger partial charge in [-0.1, -0.05) is 47.5 Å². The molecule has 0 saturated carbocycles. The Hall–Kier alpha value is -3.70. The smallest absolute Gasteiger partial charge is 0.296 e. The van der Waals surface area contributed by atoms with Crippen LogP contribution in [0.15, 0.2) is 75.8 Å². The summed E-state index contributed by atoms with van der Waals surface area (Å²) >= 11 is 12.2. The molecule has 0 aliphatic heterocycles. The van der Waals surface area contributed by atoms with E-state index in [0.717, 1.165) is 6.07 Å². The zero-order chi connectivity index (χ0) is 26.9. The van der Waals surface area contributed by atoms with Crippen molar-refractivity contribution >= 4 is 67.1 Å². The Morgan fingerprint density at radius 3 is 2.41 bits per heavy atom. The molecule has 0 aliphatic rings. The SMILES string of the molecule is COc1ccc(NC(=O)c2cc3ccccc3c(N=Nc3cc(S(=O)(=O)O)c(Cl)cc3C)c2O)c(Cl)c1. The molecular formula is C25H19Cl2N3O6S. The van der Waals surface area contributed by atoms with E-state index in [1.165, 1.54) is 25.3 Å². The average Bonchev–Trinajstić information content (AvgIpc) is 2.84. The first-order valence-corrected chi connectivity index (χ1v) is 12.8. The zero-order valence-corrected chi connectivity index (χ0v) is 21.7. The lowest BCUT2D eigenvalue weighted by atomic mass is 10.0. The summed E-state index contributed by atoms with van der Waals surface area (Å²) in [6.45, 7) is 1.62. The van der Waals surface area contributed by atoms with Gasteiger partial charge in [0.25, 0.3) is 16.0 Å². The molecule has 0 spiro atoms. The van der Waals surface area contributed by atoms with Crippen LogP contribution >= 0.6 is 23.2 Å². The summed E-state index contributed by atoms with van der Waals surface area (Å²) < 4.78 is 37.8. The Balaban J connectivity index is 1.80. The van der Waals surface area contributed by atoms with Gasteiger partial charge in [-0.3, -0.25) is 9.35 Å². The van der Waals surface area contributed by atoms with Gasteiger partial charge in [-0.05, 0) is 48.2 Å². The molecule has 0 saturated heterocycles. The number of azo groups is 1. The minimum atomic E-state index is -4.61. The number of hydrogen-bond donors (Lipinski definition) is 3. The number of carbonyl (C=O) groups is 1. The highest BCUT2D eigenvalue weighted by Crippen LogP contribution is 2.40. The summed E-state index contributed by atoms with van der Waals surface area (Å²) in [6, 6.07) is 15.5. The normalized spacial score (nSPS) is 11.7. The van der Waals surface area contributed by atoms with Gasteiger partial charge in [-0.2, -0.15) is 13.5 Å². The van der Waals surface area contributed by atoms with E-state index in [2.05, 4.69) is 15.5 Å². The van der Waals surface area contributed by atoms with Crippen LogP contribution in [-0.2, 0) is 10.1 Å². The largest absolute Gasteiger partial charge is 0.505 e. The number of methoxy groups -OCH3 is 1. The number of rotatable bonds is 6. The number of anilines is 1. The molecule has 4 aromatic carbocycles. The number of ether oxygens (including phenoxy) is 1. The molecule has 1 amide bonds. The molecule has 9 nitrogen and oxygen atoms in total. The number of phenols is 1.